The first-order valence-electron chi connectivity index (χ1n) is 5.32. The number of hydrogen-bond acceptors (Lipinski definition) is 3. The summed E-state index contributed by atoms with van der Waals surface area (Å²) in [5.41, 5.74) is 9.53. The summed E-state index contributed by atoms with van der Waals surface area (Å²) >= 11 is 0. The van der Waals surface area contributed by atoms with Gasteiger partial charge in [0.15, 0.2) is 5.43 Å². The van der Waals surface area contributed by atoms with E-state index < -0.39 is 0 Å². The van der Waals surface area contributed by atoms with E-state index in [0.717, 1.165) is 28.9 Å². The molecule has 0 amide bonds. The molecule has 0 heterocycles. The summed E-state index contributed by atoms with van der Waals surface area (Å²) in [6, 6.07) is 7.83. The van der Waals surface area contributed by atoms with Gasteiger partial charge in [0.25, 0.3) is 0 Å². The third-order valence-electron chi connectivity index (χ3n) is 2.96. The van der Waals surface area contributed by atoms with Gasteiger partial charge in [-0.1, -0.05) is 12.2 Å². The normalized spacial score (nSPS) is 18.6. The average Bonchev–Trinajstić information content (AvgIpc) is 2.93. The summed E-state index contributed by atoms with van der Waals surface area (Å²) in [7, 11) is 0. The second-order valence-corrected chi connectivity index (χ2v) is 4.16. The summed E-state index contributed by atoms with van der Waals surface area (Å²) < 4.78 is 0. The number of nitrogens with two attached hydrogens (primary N) is 1. The predicted octanol–water partition coefficient (Wildman–Crippen LogP) is 1.55. The van der Waals surface area contributed by atoms with Gasteiger partial charge in [-0.15, -0.1) is 0 Å². The maximum atomic E-state index is 11.2. The molecule has 0 bridgehead atoms. The second kappa shape index (κ2) is 3.23. The molecular weight excluding hydrogens is 200 g/mol. The zero-order chi connectivity index (χ0) is 11.1. The van der Waals surface area contributed by atoms with Crippen molar-refractivity contribution < 1.29 is 0 Å². The highest BCUT2D eigenvalue weighted by Gasteiger charge is 2.25. The van der Waals surface area contributed by atoms with E-state index >= 15 is 0 Å². The van der Waals surface area contributed by atoms with E-state index in [1.165, 1.54) is 0 Å². The molecule has 1 atom stereocenters. The van der Waals surface area contributed by atoms with Crippen molar-refractivity contribution in [1.29, 1.82) is 0 Å². The molecular formula is C13H12N2O. The van der Waals surface area contributed by atoms with Crippen LogP contribution in [0.25, 0.3) is 6.08 Å². The Morgan fingerprint density at radius 3 is 2.69 bits per heavy atom. The van der Waals surface area contributed by atoms with Crippen molar-refractivity contribution in [3.05, 3.63) is 51.7 Å². The predicted molar refractivity (Wildman–Crippen MR) is 66.1 cm³/mol. The molecule has 0 fully saturated rings. The Morgan fingerprint density at radius 1 is 1.25 bits per heavy atom. The van der Waals surface area contributed by atoms with Crippen molar-refractivity contribution in [3.8, 4) is 0 Å². The highest BCUT2D eigenvalue weighted by Crippen LogP contribution is 2.22. The molecule has 0 saturated heterocycles. The lowest BCUT2D eigenvalue weighted by Gasteiger charge is -2.16. The van der Waals surface area contributed by atoms with Crippen molar-refractivity contribution in [2.75, 3.05) is 11.1 Å². The number of anilines is 2. The molecule has 1 aliphatic carbocycles. The third-order valence-corrected chi connectivity index (χ3v) is 2.96. The number of fused-ring (bicyclic) bond motifs is 1. The Kier molecular flexibility index (Phi) is 1.86. The minimum atomic E-state index is 0.217. The average molecular weight is 212 g/mol. The highest BCUT2D eigenvalue weighted by atomic mass is 16.1. The van der Waals surface area contributed by atoms with Gasteiger partial charge in [0, 0.05) is 35.0 Å². The molecule has 3 N–H and O–H groups in total. The van der Waals surface area contributed by atoms with Gasteiger partial charge in [0.05, 0.1) is 0 Å². The van der Waals surface area contributed by atoms with E-state index in [4.69, 9.17) is 5.73 Å². The topological polar surface area (TPSA) is 55.1 Å². The number of nitrogens with one attached hydrogen (secondary N) is 1. The summed E-state index contributed by atoms with van der Waals surface area (Å²) in [6.07, 6.45) is 4.76. The van der Waals surface area contributed by atoms with Crippen LogP contribution in [0.2, 0.25) is 0 Å². The van der Waals surface area contributed by atoms with Crippen LogP contribution in [0.5, 0.6) is 0 Å². The zero-order valence-corrected chi connectivity index (χ0v) is 8.73. The minimum absolute atomic E-state index is 0.217. The van der Waals surface area contributed by atoms with Gasteiger partial charge in [-0.3, -0.25) is 4.79 Å². The molecule has 0 saturated carbocycles. The first-order chi connectivity index (χ1) is 7.74. The Balaban J connectivity index is 1.72. The van der Waals surface area contributed by atoms with E-state index in [1.54, 1.807) is 0 Å². The molecule has 3 nitrogen and oxygen atoms in total. The van der Waals surface area contributed by atoms with Gasteiger partial charge in [-0.2, -0.15) is 0 Å². The quantitative estimate of drug-likeness (QED) is 0.743. The molecule has 2 aromatic rings. The van der Waals surface area contributed by atoms with Crippen LogP contribution in [0.15, 0.2) is 35.1 Å². The van der Waals surface area contributed by atoms with Crippen LogP contribution >= 0.6 is 0 Å². The molecule has 1 unspecified atom stereocenters. The Bertz CT molecular complexity index is 559. The van der Waals surface area contributed by atoms with Gasteiger partial charge in [0.2, 0.25) is 0 Å². The van der Waals surface area contributed by atoms with Crippen LogP contribution < -0.4 is 16.5 Å². The van der Waals surface area contributed by atoms with Crippen molar-refractivity contribution in [3.63, 3.8) is 0 Å². The Labute approximate surface area is 93.3 Å². The molecule has 1 aliphatic rings. The monoisotopic (exact) mass is 212 g/mol. The third kappa shape index (κ3) is 1.50. The molecule has 3 rings (SSSR count). The molecule has 0 aliphatic heterocycles. The van der Waals surface area contributed by atoms with E-state index in [-0.39, 0.29) is 11.5 Å². The van der Waals surface area contributed by atoms with Crippen molar-refractivity contribution in [2.24, 2.45) is 0 Å². The fourth-order valence-corrected chi connectivity index (χ4v) is 1.99. The molecule has 80 valence electrons. The Morgan fingerprint density at radius 2 is 2.00 bits per heavy atom. The summed E-state index contributed by atoms with van der Waals surface area (Å²) in [5, 5.41) is 3.36. The van der Waals surface area contributed by atoms with Gasteiger partial charge >= 0.3 is 0 Å². The van der Waals surface area contributed by atoms with E-state index in [9.17, 15) is 4.79 Å². The van der Waals surface area contributed by atoms with Gasteiger partial charge < -0.3 is 11.1 Å². The van der Waals surface area contributed by atoms with Crippen LogP contribution in [0.3, 0.4) is 0 Å². The Hall–Kier alpha value is -2.03. The summed E-state index contributed by atoms with van der Waals surface area (Å²) in [4.78, 5) is 11.2. The molecule has 2 aromatic carbocycles. The maximum Gasteiger partial charge on any atom is 0.190 e. The number of hydrogen-bond donors (Lipinski definition) is 2. The molecule has 0 radical (unpaired) electrons. The largest absolute Gasteiger partial charge is 0.399 e. The fraction of sp³-hybridized carbons (Fsp3) is 0.154. The van der Waals surface area contributed by atoms with Crippen LogP contribution in [-0.2, 0) is 6.42 Å². The fourth-order valence-electron chi connectivity index (χ4n) is 1.99. The van der Waals surface area contributed by atoms with E-state index in [1.807, 2.05) is 36.4 Å². The van der Waals surface area contributed by atoms with E-state index in [2.05, 4.69) is 5.32 Å². The lowest BCUT2D eigenvalue weighted by atomic mass is 10.1. The summed E-state index contributed by atoms with van der Waals surface area (Å²) in [6.45, 7) is 0. The molecule has 0 aromatic heterocycles. The van der Waals surface area contributed by atoms with Crippen molar-refractivity contribution >= 4 is 17.5 Å². The zero-order valence-electron chi connectivity index (χ0n) is 8.73. The highest BCUT2D eigenvalue weighted by molar-refractivity contribution is 5.67. The smallest absolute Gasteiger partial charge is 0.190 e. The lowest BCUT2D eigenvalue weighted by molar-refractivity contribution is 0.874. The molecule has 16 heavy (non-hydrogen) atoms. The van der Waals surface area contributed by atoms with Crippen molar-refractivity contribution in [1.82, 2.24) is 0 Å². The van der Waals surface area contributed by atoms with Crippen LogP contribution in [0.4, 0.5) is 11.4 Å². The van der Waals surface area contributed by atoms with Crippen LogP contribution in [0.1, 0.15) is 11.1 Å². The number of benzene rings is 1. The molecule has 0 spiro atoms. The number of rotatable bonds is 2. The summed E-state index contributed by atoms with van der Waals surface area (Å²) in [5.74, 6) is 0. The molecule has 3 heteroatoms. The first-order valence-corrected chi connectivity index (χ1v) is 5.32. The van der Waals surface area contributed by atoms with Crippen LogP contribution in [0, 0.1) is 0 Å². The van der Waals surface area contributed by atoms with E-state index in [0.29, 0.717) is 0 Å². The minimum Gasteiger partial charge on any atom is -0.399 e. The van der Waals surface area contributed by atoms with Gasteiger partial charge in [-0.05, 0) is 24.3 Å². The SMILES string of the molecule is Nc1ccc(NC2C=Cc3c(c3=O)C2)cc1. The van der Waals surface area contributed by atoms with Crippen LogP contribution in [-0.4, -0.2) is 6.04 Å². The standard InChI is InChI=1S/C13H12N2O/c14-8-1-3-9(4-2-8)15-10-5-6-11-12(7-10)13(11)16/h1-6,10,15H,7,14H2. The first kappa shape index (κ1) is 9.21. The van der Waals surface area contributed by atoms with Gasteiger partial charge in [0.1, 0.15) is 0 Å². The maximum absolute atomic E-state index is 11.2. The lowest BCUT2D eigenvalue weighted by Crippen LogP contribution is -2.20. The van der Waals surface area contributed by atoms with Crippen molar-refractivity contribution in [2.45, 2.75) is 12.5 Å². The number of nitrogen functional groups attached to an aromatic ring is 1. The second-order valence-electron chi connectivity index (χ2n) is 4.16. The van der Waals surface area contributed by atoms with Gasteiger partial charge in [-0.25, -0.2) is 0 Å².